The summed E-state index contributed by atoms with van der Waals surface area (Å²) in [4.78, 5) is 4.03. The number of anilines is 3. The van der Waals surface area contributed by atoms with Crippen molar-refractivity contribution in [2.45, 2.75) is 6.92 Å². The van der Waals surface area contributed by atoms with Crippen molar-refractivity contribution in [3.05, 3.63) is 47.2 Å². The molecule has 0 saturated carbocycles. The van der Waals surface area contributed by atoms with Gasteiger partial charge in [-0.3, -0.25) is 4.98 Å². The zero-order chi connectivity index (χ0) is 11.5. The van der Waals surface area contributed by atoms with Crippen molar-refractivity contribution in [3.63, 3.8) is 0 Å². The van der Waals surface area contributed by atoms with Crippen molar-refractivity contribution in [3.8, 4) is 0 Å². The Labute approximate surface area is 99.3 Å². The molecule has 0 aliphatic heterocycles. The van der Waals surface area contributed by atoms with E-state index in [2.05, 4.69) is 10.3 Å². The highest BCUT2D eigenvalue weighted by atomic mass is 35.5. The Kier molecular flexibility index (Phi) is 2.97. The van der Waals surface area contributed by atoms with E-state index < -0.39 is 0 Å². The van der Waals surface area contributed by atoms with Gasteiger partial charge in [0, 0.05) is 23.8 Å². The highest BCUT2D eigenvalue weighted by molar-refractivity contribution is 6.33. The summed E-state index contributed by atoms with van der Waals surface area (Å²) in [7, 11) is 0. The van der Waals surface area contributed by atoms with E-state index in [0.29, 0.717) is 10.7 Å². The molecular formula is C12H12ClN3. The maximum Gasteiger partial charge on any atom is 0.0642 e. The number of pyridine rings is 1. The number of rotatable bonds is 2. The molecule has 3 nitrogen and oxygen atoms in total. The van der Waals surface area contributed by atoms with Crippen LogP contribution in [0.5, 0.6) is 0 Å². The molecule has 3 N–H and O–H groups in total. The van der Waals surface area contributed by atoms with Gasteiger partial charge < -0.3 is 11.1 Å². The average molecular weight is 234 g/mol. The lowest BCUT2D eigenvalue weighted by molar-refractivity contribution is 1.26. The first-order valence-electron chi connectivity index (χ1n) is 4.89. The molecule has 0 amide bonds. The van der Waals surface area contributed by atoms with Crippen LogP contribution in [0.3, 0.4) is 0 Å². The zero-order valence-corrected chi connectivity index (χ0v) is 9.62. The molecule has 1 aromatic heterocycles. The first-order chi connectivity index (χ1) is 7.66. The topological polar surface area (TPSA) is 50.9 Å². The minimum Gasteiger partial charge on any atom is -0.399 e. The lowest BCUT2D eigenvalue weighted by atomic mass is 10.2. The molecule has 2 rings (SSSR count). The molecular weight excluding hydrogens is 222 g/mol. The molecule has 0 unspecified atom stereocenters. The first-order valence-corrected chi connectivity index (χ1v) is 5.27. The summed E-state index contributed by atoms with van der Waals surface area (Å²) in [6.45, 7) is 1.98. The third kappa shape index (κ3) is 2.25. The van der Waals surface area contributed by atoms with Crippen molar-refractivity contribution >= 4 is 28.7 Å². The van der Waals surface area contributed by atoms with Crippen molar-refractivity contribution in [1.29, 1.82) is 0 Å². The number of halogens is 1. The van der Waals surface area contributed by atoms with E-state index in [1.54, 1.807) is 24.5 Å². The lowest BCUT2D eigenvalue weighted by Crippen LogP contribution is -1.95. The molecule has 4 heteroatoms. The average Bonchev–Trinajstić information content (AvgIpc) is 2.27. The number of benzene rings is 1. The summed E-state index contributed by atoms with van der Waals surface area (Å²) in [5.41, 5.74) is 9.22. The van der Waals surface area contributed by atoms with E-state index in [1.165, 1.54) is 0 Å². The van der Waals surface area contributed by atoms with Crippen LogP contribution in [0.1, 0.15) is 5.56 Å². The number of nitrogens with two attached hydrogens (primary N) is 1. The fourth-order valence-electron chi connectivity index (χ4n) is 1.40. The van der Waals surface area contributed by atoms with Crippen LogP contribution < -0.4 is 11.1 Å². The Morgan fingerprint density at radius 1 is 1.25 bits per heavy atom. The van der Waals surface area contributed by atoms with Crippen LogP contribution in [0.4, 0.5) is 17.1 Å². The van der Waals surface area contributed by atoms with Gasteiger partial charge in [0.15, 0.2) is 0 Å². The summed E-state index contributed by atoms with van der Waals surface area (Å²) in [6.07, 6.45) is 3.53. The molecule has 0 fully saturated rings. The van der Waals surface area contributed by atoms with Gasteiger partial charge in [0.25, 0.3) is 0 Å². The quantitative estimate of drug-likeness (QED) is 0.782. The summed E-state index contributed by atoms with van der Waals surface area (Å²) in [6, 6.07) is 7.25. The van der Waals surface area contributed by atoms with E-state index in [1.807, 2.05) is 19.1 Å². The second kappa shape index (κ2) is 4.41. The van der Waals surface area contributed by atoms with Crippen LogP contribution in [0.2, 0.25) is 5.02 Å². The highest BCUT2D eigenvalue weighted by Crippen LogP contribution is 2.28. The molecule has 2 aromatic rings. The largest absolute Gasteiger partial charge is 0.399 e. The third-order valence-corrected chi connectivity index (χ3v) is 2.61. The third-order valence-electron chi connectivity index (χ3n) is 2.28. The van der Waals surface area contributed by atoms with Crippen LogP contribution >= 0.6 is 11.6 Å². The fraction of sp³-hybridized carbons (Fsp3) is 0.0833. The van der Waals surface area contributed by atoms with Crippen LogP contribution in [0, 0.1) is 6.92 Å². The highest BCUT2D eigenvalue weighted by Gasteiger charge is 2.03. The maximum absolute atomic E-state index is 6.06. The second-order valence-electron chi connectivity index (χ2n) is 3.55. The number of nitrogen functional groups attached to an aromatic ring is 1. The molecule has 0 saturated heterocycles. The number of nitrogens with one attached hydrogen (secondary N) is 1. The number of aromatic nitrogens is 1. The van der Waals surface area contributed by atoms with Gasteiger partial charge in [0.05, 0.1) is 10.7 Å². The van der Waals surface area contributed by atoms with Crippen LogP contribution in [-0.2, 0) is 0 Å². The van der Waals surface area contributed by atoms with Crippen molar-refractivity contribution in [2.24, 2.45) is 0 Å². The molecule has 1 aromatic carbocycles. The Morgan fingerprint density at radius 2 is 2.06 bits per heavy atom. The van der Waals surface area contributed by atoms with Crippen LogP contribution in [0.15, 0.2) is 36.7 Å². The van der Waals surface area contributed by atoms with Gasteiger partial charge in [-0.2, -0.15) is 0 Å². The van der Waals surface area contributed by atoms with Gasteiger partial charge in [-0.05, 0) is 36.8 Å². The predicted molar refractivity (Wildman–Crippen MR) is 68.1 cm³/mol. The minimum atomic E-state index is 0.644. The van der Waals surface area contributed by atoms with Gasteiger partial charge in [-0.1, -0.05) is 11.6 Å². The van der Waals surface area contributed by atoms with E-state index in [-0.39, 0.29) is 0 Å². The van der Waals surface area contributed by atoms with Crippen molar-refractivity contribution < 1.29 is 0 Å². The minimum absolute atomic E-state index is 0.644. The Balaban J connectivity index is 2.34. The zero-order valence-electron chi connectivity index (χ0n) is 8.87. The fourth-order valence-corrected chi connectivity index (χ4v) is 1.56. The summed E-state index contributed by atoms with van der Waals surface area (Å²) >= 11 is 6.06. The van der Waals surface area contributed by atoms with Gasteiger partial charge in [0.2, 0.25) is 0 Å². The van der Waals surface area contributed by atoms with Crippen LogP contribution in [-0.4, -0.2) is 4.98 Å². The lowest BCUT2D eigenvalue weighted by Gasteiger charge is -2.10. The molecule has 0 aliphatic carbocycles. The molecule has 0 aliphatic rings. The van der Waals surface area contributed by atoms with E-state index in [0.717, 1.165) is 16.9 Å². The van der Waals surface area contributed by atoms with E-state index >= 15 is 0 Å². The predicted octanol–water partition coefficient (Wildman–Crippen LogP) is 3.37. The standard InChI is InChI=1S/C12H12ClN3/c1-8-7-15-5-4-11(8)16-12-6-9(14)2-3-10(12)13/h2-7H,14H2,1H3,(H,15,16). The summed E-state index contributed by atoms with van der Waals surface area (Å²) < 4.78 is 0. The Bertz CT molecular complexity index is 511. The summed E-state index contributed by atoms with van der Waals surface area (Å²) in [5, 5.41) is 3.87. The molecule has 0 spiro atoms. The van der Waals surface area contributed by atoms with Gasteiger partial charge in [-0.25, -0.2) is 0 Å². The van der Waals surface area contributed by atoms with E-state index in [4.69, 9.17) is 17.3 Å². The first kappa shape index (κ1) is 10.8. The molecule has 16 heavy (non-hydrogen) atoms. The van der Waals surface area contributed by atoms with Crippen molar-refractivity contribution in [1.82, 2.24) is 4.98 Å². The molecule has 82 valence electrons. The molecule has 1 heterocycles. The smallest absolute Gasteiger partial charge is 0.0642 e. The Hall–Kier alpha value is -1.74. The SMILES string of the molecule is Cc1cnccc1Nc1cc(N)ccc1Cl. The summed E-state index contributed by atoms with van der Waals surface area (Å²) in [5.74, 6) is 0. The van der Waals surface area contributed by atoms with Gasteiger partial charge in [-0.15, -0.1) is 0 Å². The Morgan fingerprint density at radius 3 is 2.81 bits per heavy atom. The van der Waals surface area contributed by atoms with Gasteiger partial charge in [0.1, 0.15) is 0 Å². The normalized spacial score (nSPS) is 10.1. The van der Waals surface area contributed by atoms with Crippen LogP contribution in [0.25, 0.3) is 0 Å². The monoisotopic (exact) mass is 233 g/mol. The number of aryl methyl sites for hydroxylation is 1. The maximum atomic E-state index is 6.06. The molecule has 0 atom stereocenters. The number of hydrogen-bond acceptors (Lipinski definition) is 3. The second-order valence-corrected chi connectivity index (χ2v) is 3.96. The van der Waals surface area contributed by atoms with E-state index in [9.17, 15) is 0 Å². The van der Waals surface area contributed by atoms with Crippen molar-refractivity contribution in [2.75, 3.05) is 11.1 Å². The molecule has 0 radical (unpaired) electrons. The number of hydrogen-bond donors (Lipinski definition) is 2. The molecule has 0 bridgehead atoms. The number of nitrogens with zero attached hydrogens (tertiary/aromatic N) is 1. The van der Waals surface area contributed by atoms with Gasteiger partial charge >= 0.3 is 0 Å².